The average Bonchev–Trinajstić information content (AvgIpc) is 2.40. The molecule has 6 nitrogen and oxygen atoms in total. The van der Waals surface area contributed by atoms with E-state index in [0.717, 1.165) is 5.56 Å². The predicted molar refractivity (Wildman–Crippen MR) is 69.6 cm³/mol. The predicted octanol–water partition coefficient (Wildman–Crippen LogP) is 0.805. The van der Waals surface area contributed by atoms with Gasteiger partial charge >= 0.3 is 5.97 Å². The van der Waals surface area contributed by atoms with E-state index in [-0.39, 0.29) is 6.42 Å². The monoisotopic (exact) mass is 269 g/mol. The fourth-order valence-electron chi connectivity index (χ4n) is 1.85. The highest BCUT2D eigenvalue weighted by atomic mass is 16.5. The van der Waals surface area contributed by atoms with Gasteiger partial charge in [0.05, 0.1) is 20.8 Å². The molecule has 0 saturated heterocycles. The van der Waals surface area contributed by atoms with Gasteiger partial charge in [0.15, 0.2) is 11.5 Å². The van der Waals surface area contributed by atoms with Crippen molar-refractivity contribution in [2.75, 3.05) is 21.3 Å². The van der Waals surface area contributed by atoms with E-state index in [9.17, 15) is 4.79 Å². The fourth-order valence-corrected chi connectivity index (χ4v) is 1.85. The summed E-state index contributed by atoms with van der Waals surface area (Å²) in [7, 11) is 4.59. The van der Waals surface area contributed by atoms with Gasteiger partial charge in [-0.25, -0.2) is 0 Å². The van der Waals surface area contributed by atoms with Crippen LogP contribution in [0.1, 0.15) is 11.1 Å². The van der Waals surface area contributed by atoms with Gasteiger partial charge in [0.25, 0.3) is 0 Å². The largest absolute Gasteiger partial charge is 0.493 e. The molecule has 0 radical (unpaired) electrons. The van der Waals surface area contributed by atoms with E-state index in [4.69, 9.17) is 25.1 Å². The molecule has 1 aromatic carbocycles. The summed E-state index contributed by atoms with van der Waals surface area (Å²) >= 11 is 0. The third kappa shape index (κ3) is 3.59. The van der Waals surface area contributed by atoms with Crippen molar-refractivity contribution in [3.63, 3.8) is 0 Å². The van der Waals surface area contributed by atoms with Crippen LogP contribution in [0.4, 0.5) is 0 Å². The van der Waals surface area contributed by atoms with Crippen LogP contribution in [0.5, 0.6) is 11.5 Å². The molecule has 1 atom stereocenters. The second kappa shape index (κ2) is 6.96. The molecule has 106 valence electrons. The molecular formula is C13H19NO5. The minimum Gasteiger partial charge on any atom is -0.493 e. The highest BCUT2D eigenvalue weighted by Gasteiger charge is 2.20. The van der Waals surface area contributed by atoms with Gasteiger partial charge in [-0.3, -0.25) is 4.79 Å². The SMILES string of the molecule is COCc1ccc(OC)c(OC)c1CC(N)C(=O)O. The lowest BCUT2D eigenvalue weighted by atomic mass is 9.99. The number of benzene rings is 1. The Balaban J connectivity index is 3.24. The highest BCUT2D eigenvalue weighted by Crippen LogP contribution is 2.34. The van der Waals surface area contributed by atoms with E-state index >= 15 is 0 Å². The summed E-state index contributed by atoms with van der Waals surface area (Å²) in [6, 6.07) is 2.56. The van der Waals surface area contributed by atoms with E-state index < -0.39 is 12.0 Å². The standard InChI is InChI=1S/C13H19NO5/c1-17-7-8-4-5-11(18-2)12(19-3)9(8)6-10(14)13(15)16/h4-5,10H,6-7,14H2,1-3H3,(H,15,16). The van der Waals surface area contributed by atoms with Crippen molar-refractivity contribution >= 4 is 5.97 Å². The fraction of sp³-hybridized carbons (Fsp3) is 0.462. The number of rotatable bonds is 7. The number of hydrogen-bond acceptors (Lipinski definition) is 5. The van der Waals surface area contributed by atoms with E-state index in [0.29, 0.717) is 23.7 Å². The van der Waals surface area contributed by atoms with Crippen LogP contribution in [-0.2, 0) is 22.6 Å². The van der Waals surface area contributed by atoms with Crippen LogP contribution in [0.25, 0.3) is 0 Å². The molecule has 0 aromatic heterocycles. The lowest BCUT2D eigenvalue weighted by molar-refractivity contribution is -0.138. The molecule has 0 aliphatic rings. The van der Waals surface area contributed by atoms with Crippen molar-refractivity contribution in [3.05, 3.63) is 23.3 Å². The van der Waals surface area contributed by atoms with Crippen LogP contribution in [0.3, 0.4) is 0 Å². The maximum atomic E-state index is 10.9. The average molecular weight is 269 g/mol. The lowest BCUT2D eigenvalue weighted by Gasteiger charge is -2.18. The number of methoxy groups -OCH3 is 3. The van der Waals surface area contributed by atoms with E-state index in [1.165, 1.54) is 14.2 Å². The molecule has 1 rings (SSSR count). The first kappa shape index (κ1) is 15.3. The summed E-state index contributed by atoms with van der Waals surface area (Å²) in [5, 5.41) is 8.93. The summed E-state index contributed by atoms with van der Waals surface area (Å²) in [5.41, 5.74) is 7.12. The molecule has 0 amide bonds. The van der Waals surface area contributed by atoms with Gasteiger partial charge in [-0.05, 0) is 11.6 Å². The Morgan fingerprint density at radius 2 is 2.00 bits per heavy atom. The quantitative estimate of drug-likeness (QED) is 0.761. The lowest BCUT2D eigenvalue weighted by Crippen LogP contribution is -2.32. The molecule has 0 saturated carbocycles. The zero-order chi connectivity index (χ0) is 14.4. The Hall–Kier alpha value is -1.79. The number of carbonyl (C=O) groups is 1. The van der Waals surface area contributed by atoms with Crippen LogP contribution in [0, 0.1) is 0 Å². The van der Waals surface area contributed by atoms with Crippen LogP contribution in [-0.4, -0.2) is 38.4 Å². The van der Waals surface area contributed by atoms with Crippen molar-refractivity contribution in [1.82, 2.24) is 0 Å². The maximum Gasteiger partial charge on any atom is 0.320 e. The maximum absolute atomic E-state index is 10.9. The molecular weight excluding hydrogens is 250 g/mol. The molecule has 0 fully saturated rings. The van der Waals surface area contributed by atoms with Crippen molar-refractivity contribution in [2.24, 2.45) is 5.73 Å². The van der Waals surface area contributed by atoms with Crippen LogP contribution in [0.15, 0.2) is 12.1 Å². The minimum absolute atomic E-state index is 0.147. The number of nitrogens with two attached hydrogens (primary N) is 1. The number of carboxylic acids is 1. The third-order valence-corrected chi connectivity index (χ3v) is 2.79. The molecule has 3 N–H and O–H groups in total. The van der Waals surface area contributed by atoms with Gasteiger partial charge in [0.1, 0.15) is 6.04 Å². The molecule has 0 aliphatic heterocycles. The van der Waals surface area contributed by atoms with Gasteiger partial charge in [-0.1, -0.05) is 6.07 Å². The Kier molecular flexibility index (Phi) is 5.59. The highest BCUT2D eigenvalue weighted by molar-refractivity contribution is 5.74. The Bertz CT molecular complexity index is 447. The zero-order valence-corrected chi connectivity index (χ0v) is 11.3. The first-order valence-electron chi connectivity index (χ1n) is 5.75. The van der Waals surface area contributed by atoms with Crippen LogP contribution >= 0.6 is 0 Å². The van der Waals surface area contributed by atoms with E-state index in [1.54, 1.807) is 13.2 Å². The summed E-state index contributed by atoms with van der Waals surface area (Å²) in [6.07, 6.45) is 0.147. The van der Waals surface area contributed by atoms with E-state index in [1.807, 2.05) is 6.07 Å². The third-order valence-electron chi connectivity index (χ3n) is 2.79. The number of hydrogen-bond donors (Lipinski definition) is 2. The molecule has 0 bridgehead atoms. The second-order valence-corrected chi connectivity index (χ2v) is 4.02. The normalized spacial score (nSPS) is 12.0. The number of carboxylic acid groups (broad SMARTS) is 1. The smallest absolute Gasteiger partial charge is 0.320 e. The van der Waals surface area contributed by atoms with Crippen molar-refractivity contribution in [3.8, 4) is 11.5 Å². The Morgan fingerprint density at radius 3 is 2.47 bits per heavy atom. The van der Waals surface area contributed by atoms with Gasteiger partial charge in [-0.15, -0.1) is 0 Å². The Labute approximate surface area is 112 Å². The number of aliphatic carboxylic acids is 1. The summed E-state index contributed by atoms with van der Waals surface area (Å²) in [4.78, 5) is 10.9. The molecule has 0 aliphatic carbocycles. The van der Waals surface area contributed by atoms with Crippen molar-refractivity contribution < 1.29 is 24.1 Å². The zero-order valence-electron chi connectivity index (χ0n) is 11.3. The van der Waals surface area contributed by atoms with Gasteiger partial charge in [0.2, 0.25) is 0 Å². The Morgan fingerprint density at radius 1 is 1.32 bits per heavy atom. The molecule has 6 heteroatoms. The van der Waals surface area contributed by atoms with Gasteiger partial charge in [-0.2, -0.15) is 0 Å². The second-order valence-electron chi connectivity index (χ2n) is 4.02. The van der Waals surface area contributed by atoms with Crippen LogP contribution in [0.2, 0.25) is 0 Å². The van der Waals surface area contributed by atoms with Gasteiger partial charge in [0, 0.05) is 19.1 Å². The molecule has 1 unspecified atom stereocenters. The first-order valence-corrected chi connectivity index (χ1v) is 5.75. The van der Waals surface area contributed by atoms with Crippen molar-refractivity contribution in [1.29, 1.82) is 0 Å². The summed E-state index contributed by atoms with van der Waals surface area (Å²) in [5.74, 6) is -0.0306. The molecule has 1 aromatic rings. The van der Waals surface area contributed by atoms with Gasteiger partial charge < -0.3 is 25.1 Å². The first-order chi connectivity index (χ1) is 9.04. The molecule has 0 heterocycles. The number of ether oxygens (including phenoxy) is 3. The van der Waals surface area contributed by atoms with Crippen LogP contribution < -0.4 is 15.2 Å². The topological polar surface area (TPSA) is 91.0 Å². The summed E-state index contributed by atoms with van der Waals surface area (Å²) < 4.78 is 15.6. The minimum atomic E-state index is -1.06. The van der Waals surface area contributed by atoms with Crippen molar-refractivity contribution in [2.45, 2.75) is 19.1 Å². The van der Waals surface area contributed by atoms with E-state index in [2.05, 4.69) is 0 Å². The molecule has 19 heavy (non-hydrogen) atoms. The molecule has 0 spiro atoms. The summed E-state index contributed by atoms with van der Waals surface area (Å²) in [6.45, 7) is 0.349.